The van der Waals surface area contributed by atoms with E-state index in [-0.39, 0.29) is 12.2 Å². The molecule has 1 amide bonds. The van der Waals surface area contributed by atoms with Crippen LogP contribution in [0.1, 0.15) is 27.2 Å². The van der Waals surface area contributed by atoms with Crippen LogP contribution in [0.2, 0.25) is 0 Å². The molecule has 0 unspecified atom stereocenters. The summed E-state index contributed by atoms with van der Waals surface area (Å²) in [5.74, 6) is -0.0978. The molecule has 0 aromatic heterocycles. The minimum absolute atomic E-state index is 0.0672. The Kier molecular flexibility index (Phi) is 2.15. The number of nitrogens with two attached hydrogens (primary N) is 1. The van der Waals surface area contributed by atoms with Crippen molar-refractivity contribution in [3.63, 3.8) is 0 Å². The molecule has 0 radical (unpaired) electrons. The number of ketones is 1. The first-order valence-electron chi connectivity index (χ1n) is 4.06. The van der Waals surface area contributed by atoms with E-state index in [1.807, 2.05) is 0 Å². The van der Waals surface area contributed by atoms with Crippen LogP contribution in [0.4, 0.5) is 0 Å². The number of hydrogen-bond donors (Lipinski definition) is 1. The van der Waals surface area contributed by atoms with Crippen LogP contribution in [0.15, 0.2) is 11.3 Å². The van der Waals surface area contributed by atoms with Crippen molar-refractivity contribution >= 4 is 11.7 Å². The van der Waals surface area contributed by atoms with Gasteiger partial charge in [0, 0.05) is 12.0 Å². The highest BCUT2D eigenvalue weighted by Gasteiger charge is 2.41. The third-order valence-electron chi connectivity index (χ3n) is 2.26. The Morgan fingerprint density at radius 1 is 1.54 bits per heavy atom. The fraction of sp³-hybridized carbons (Fsp3) is 0.556. The van der Waals surface area contributed by atoms with Gasteiger partial charge in [0.1, 0.15) is 5.76 Å². The molecule has 0 aliphatic carbocycles. The monoisotopic (exact) mass is 183 g/mol. The normalized spacial score (nSPS) is 27.3. The van der Waals surface area contributed by atoms with Crippen molar-refractivity contribution in [1.82, 2.24) is 0 Å². The summed E-state index contributed by atoms with van der Waals surface area (Å²) in [5, 5.41) is 0. The third-order valence-corrected chi connectivity index (χ3v) is 2.26. The van der Waals surface area contributed by atoms with E-state index in [2.05, 4.69) is 0 Å². The van der Waals surface area contributed by atoms with Gasteiger partial charge in [0.05, 0.1) is 0 Å². The van der Waals surface area contributed by atoms with Gasteiger partial charge in [-0.15, -0.1) is 0 Å². The van der Waals surface area contributed by atoms with Crippen LogP contribution in [-0.2, 0) is 14.3 Å². The van der Waals surface area contributed by atoms with Crippen LogP contribution in [0.5, 0.6) is 0 Å². The number of amides is 1. The van der Waals surface area contributed by atoms with E-state index in [0.29, 0.717) is 11.3 Å². The van der Waals surface area contributed by atoms with Crippen LogP contribution in [0.25, 0.3) is 0 Å². The van der Waals surface area contributed by atoms with Crippen molar-refractivity contribution in [1.29, 1.82) is 0 Å². The molecule has 72 valence electrons. The second-order valence-corrected chi connectivity index (χ2v) is 3.46. The van der Waals surface area contributed by atoms with E-state index >= 15 is 0 Å². The summed E-state index contributed by atoms with van der Waals surface area (Å²) in [6, 6.07) is 0. The molecule has 1 atom stereocenters. The first-order valence-corrected chi connectivity index (χ1v) is 4.06. The molecular formula is C9H13NO3. The Morgan fingerprint density at radius 3 is 2.31 bits per heavy atom. The van der Waals surface area contributed by atoms with Crippen molar-refractivity contribution in [2.75, 3.05) is 0 Å². The quantitative estimate of drug-likeness (QED) is 0.678. The van der Waals surface area contributed by atoms with E-state index in [4.69, 9.17) is 10.5 Å². The highest BCUT2D eigenvalue weighted by atomic mass is 16.5. The summed E-state index contributed by atoms with van der Waals surface area (Å²) >= 11 is 0. The molecule has 1 rings (SSSR count). The largest absolute Gasteiger partial charge is 0.482 e. The van der Waals surface area contributed by atoms with Crippen molar-refractivity contribution in [2.24, 2.45) is 5.73 Å². The summed E-state index contributed by atoms with van der Waals surface area (Å²) in [7, 11) is 0. The van der Waals surface area contributed by atoms with Crippen LogP contribution in [0.3, 0.4) is 0 Å². The number of allylic oxidation sites excluding steroid dienone is 1. The summed E-state index contributed by atoms with van der Waals surface area (Å²) in [6.07, 6.45) is 0.281. The zero-order valence-corrected chi connectivity index (χ0v) is 8.01. The molecular weight excluding hydrogens is 170 g/mol. The molecule has 0 bridgehead atoms. The second kappa shape index (κ2) is 2.87. The standard InChI is InChI=1S/C9H13NO3/c1-5(11)7-4-9(3,8(10)12)13-6(7)2/h4H2,1-3H3,(H2,10,12)/t9-/m0/s1. The number of hydrogen-bond acceptors (Lipinski definition) is 3. The van der Waals surface area contributed by atoms with Gasteiger partial charge in [-0.25, -0.2) is 0 Å². The van der Waals surface area contributed by atoms with E-state index in [1.54, 1.807) is 13.8 Å². The lowest BCUT2D eigenvalue weighted by Crippen LogP contribution is -2.40. The van der Waals surface area contributed by atoms with E-state index in [1.165, 1.54) is 6.92 Å². The van der Waals surface area contributed by atoms with Gasteiger partial charge in [0.2, 0.25) is 0 Å². The molecule has 1 aliphatic rings. The molecule has 1 aliphatic heterocycles. The van der Waals surface area contributed by atoms with Crippen LogP contribution in [0, 0.1) is 0 Å². The van der Waals surface area contributed by atoms with Crippen LogP contribution >= 0.6 is 0 Å². The number of carbonyl (C=O) groups is 2. The van der Waals surface area contributed by atoms with E-state index in [9.17, 15) is 9.59 Å². The fourth-order valence-electron chi connectivity index (χ4n) is 1.41. The van der Waals surface area contributed by atoms with Gasteiger partial charge in [0.15, 0.2) is 11.4 Å². The van der Waals surface area contributed by atoms with Gasteiger partial charge in [-0.05, 0) is 20.8 Å². The van der Waals surface area contributed by atoms with Gasteiger partial charge in [0.25, 0.3) is 5.91 Å². The smallest absolute Gasteiger partial charge is 0.261 e. The third kappa shape index (κ3) is 1.56. The summed E-state index contributed by atoms with van der Waals surface area (Å²) in [4.78, 5) is 22.1. The lowest BCUT2D eigenvalue weighted by molar-refractivity contribution is -0.134. The predicted octanol–water partition coefficient (Wildman–Crippen LogP) is 0.514. The highest BCUT2D eigenvalue weighted by Crippen LogP contribution is 2.33. The van der Waals surface area contributed by atoms with Crippen molar-refractivity contribution in [2.45, 2.75) is 32.8 Å². The number of rotatable bonds is 2. The van der Waals surface area contributed by atoms with Crippen molar-refractivity contribution in [3.8, 4) is 0 Å². The maximum absolute atomic E-state index is 11.1. The number of primary amides is 1. The summed E-state index contributed by atoms with van der Waals surface area (Å²) in [6.45, 7) is 4.72. The van der Waals surface area contributed by atoms with Gasteiger partial charge in [-0.1, -0.05) is 0 Å². The summed E-state index contributed by atoms with van der Waals surface area (Å²) < 4.78 is 5.27. The van der Waals surface area contributed by atoms with Crippen LogP contribution < -0.4 is 5.73 Å². The van der Waals surface area contributed by atoms with Gasteiger partial charge < -0.3 is 10.5 Å². The maximum Gasteiger partial charge on any atom is 0.261 e. The van der Waals surface area contributed by atoms with E-state index in [0.717, 1.165) is 0 Å². The molecule has 4 heteroatoms. The lowest BCUT2D eigenvalue weighted by atomic mass is 9.96. The van der Waals surface area contributed by atoms with Crippen LogP contribution in [-0.4, -0.2) is 17.3 Å². The highest BCUT2D eigenvalue weighted by molar-refractivity contribution is 5.96. The molecule has 0 saturated carbocycles. The molecule has 0 aromatic carbocycles. The molecule has 1 heterocycles. The minimum Gasteiger partial charge on any atom is -0.482 e. The van der Waals surface area contributed by atoms with Gasteiger partial charge in [-0.2, -0.15) is 0 Å². The topological polar surface area (TPSA) is 69.4 Å². The average Bonchev–Trinajstić information content (AvgIpc) is 2.28. The molecule has 13 heavy (non-hydrogen) atoms. The Balaban J connectivity index is 2.91. The van der Waals surface area contributed by atoms with Crippen molar-refractivity contribution < 1.29 is 14.3 Å². The van der Waals surface area contributed by atoms with Crippen molar-refractivity contribution in [3.05, 3.63) is 11.3 Å². The minimum atomic E-state index is -1.04. The first kappa shape index (κ1) is 9.77. The Hall–Kier alpha value is -1.32. The zero-order valence-electron chi connectivity index (χ0n) is 8.01. The number of Topliss-reactive ketones (excluding diaryl/α,β-unsaturated/α-hetero) is 1. The average molecular weight is 183 g/mol. The zero-order chi connectivity index (χ0) is 10.2. The fourth-order valence-corrected chi connectivity index (χ4v) is 1.41. The number of ether oxygens (including phenoxy) is 1. The Bertz CT molecular complexity index is 306. The first-order chi connectivity index (χ1) is 5.87. The molecule has 4 nitrogen and oxygen atoms in total. The molecule has 0 fully saturated rings. The van der Waals surface area contributed by atoms with Gasteiger partial charge in [-0.3, -0.25) is 9.59 Å². The molecule has 2 N–H and O–H groups in total. The molecule has 0 spiro atoms. The lowest BCUT2D eigenvalue weighted by Gasteiger charge is -2.20. The van der Waals surface area contributed by atoms with E-state index < -0.39 is 11.5 Å². The predicted molar refractivity (Wildman–Crippen MR) is 46.7 cm³/mol. The second-order valence-electron chi connectivity index (χ2n) is 3.46. The summed E-state index contributed by atoms with van der Waals surface area (Å²) in [5.41, 5.74) is 4.67. The number of carbonyl (C=O) groups excluding carboxylic acids is 2. The molecule has 0 saturated heterocycles. The molecule has 0 aromatic rings. The Labute approximate surface area is 76.7 Å². The Morgan fingerprint density at radius 2 is 2.08 bits per heavy atom. The van der Waals surface area contributed by atoms with Gasteiger partial charge >= 0.3 is 0 Å². The maximum atomic E-state index is 11.1. The SMILES string of the molecule is CC(=O)C1=C(C)O[C@](C)(C(N)=O)C1.